The molecule has 0 spiro atoms. The average molecular weight is 378 g/mol. The van der Waals surface area contributed by atoms with E-state index in [0.29, 0.717) is 12.3 Å². The van der Waals surface area contributed by atoms with Gasteiger partial charge in [-0.05, 0) is 48.4 Å². The molecule has 6 heteroatoms. The Hall–Kier alpha value is -2.60. The van der Waals surface area contributed by atoms with E-state index >= 15 is 0 Å². The molecule has 0 bridgehead atoms. The van der Waals surface area contributed by atoms with Crippen LogP contribution in [0.4, 0.5) is 5.69 Å². The molecule has 6 nitrogen and oxygen atoms in total. The first-order chi connectivity index (χ1) is 13.7. The second-order valence-corrected chi connectivity index (χ2v) is 8.09. The number of carbonyl (C=O) groups excluding carboxylic acids is 1. The second-order valence-electron chi connectivity index (χ2n) is 8.09. The smallest absolute Gasteiger partial charge is 0.240 e. The van der Waals surface area contributed by atoms with E-state index in [1.165, 1.54) is 18.4 Å². The van der Waals surface area contributed by atoms with Gasteiger partial charge in [-0.2, -0.15) is 0 Å². The first kappa shape index (κ1) is 17.5. The third kappa shape index (κ3) is 3.56. The molecule has 3 aliphatic rings. The van der Waals surface area contributed by atoms with Crippen molar-refractivity contribution in [2.24, 2.45) is 0 Å². The predicted octanol–water partition coefficient (Wildman–Crippen LogP) is 2.74. The number of nitrogens with zero attached hydrogens (tertiary/aromatic N) is 3. The summed E-state index contributed by atoms with van der Waals surface area (Å²) in [6, 6.07) is 10.7. The summed E-state index contributed by atoms with van der Waals surface area (Å²) < 4.78 is 5.93. The van der Waals surface area contributed by atoms with E-state index in [1.807, 2.05) is 18.0 Å². The van der Waals surface area contributed by atoms with Crippen LogP contribution >= 0.6 is 0 Å². The van der Waals surface area contributed by atoms with Crippen LogP contribution in [-0.4, -0.2) is 53.2 Å². The summed E-state index contributed by atoms with van der Waals surface area (Å²) in [6.07, 6.45) is 4.72. The molecule has 1 saturated heterocycles. The van der Waals surface area contributed by atoms with Gasteiger partial charge in [0.25, 0.3) is 0 Å². The maximum absolute atomic E-state index is 12.7. The summed E-state index contributed by atoms with van der Waals surface area (Å²) in [6.45, 7) is 5.05. The summed E-state index contributed by atoms with van der Waals surface area (Å²) in [7, 11) is 0. The zero-order valence-corrected chi connectivity index (χ0v) is 16.2. The normalized spacial score (nSPS) is 21.8. The Morgan fingerprint density at radius 3 is 2.64 bits per heavy atom. The van der Waals surface area contributed by atoms with Crippen molar-refractivity contribution in [3.05, 3.63) is 53.2 Å². The number of hydrogen-bond donors (Lipinski definition) is 1. The van der Waals surface area contributed by atoms with Crippen molar-refractivity contribution in [1.82, 2.24) is 14.8 Å². The van der Waals surface area contributed by atoms with Crippen LogP contribution in [0.2, 0.25) is 0 Å². The Balaban J connectivity index is 1.13. The van der Waals surface area contributed by atoms with Crippen LogP contribution < -0.4 is 10.1 Å². The first-order valence-electron chi connectivity index (χ1n) is 10.2. The summed E-state index contributed by atoms with van der Waals surface area (Å²) in [4.78, 5) is 21.2. The fourth-order valence-electron chi connectivity index (χ4n) is 4.00. The number of anilines is 1. The average Bonchev–Trinajstić information content (AvgIpc) is 3.48. The van der Waals surface area contributed by atoms with Gasteiger partial charge in [-0.15, -0.1) is 0 Å². The molecule has 28 heavy (non-hydrogen) atoms. The second kappa shape index (κ2) is 7.09. The Morgan fingerprint density at radius 2 is 1.93 bits per heavy atom. The van der Waals surface area contributed by atoms with Gasteiger partial charge in [0.2, 0.25) is 18.1 Å². The van der Waals surface area contributed by atoms with E-state index in [1.54, 1.807) is 0 Å². The van der Waals surface area contributed by atoms with Gasteiger partial charge in [0.05, 0.1) is 6.42 Å². The third-order valence-electron chi connectivity index (χ3n) is 5.87. The molecule has 0 radical (unpaired) electrons. The molecule has 1 aromatic carbocycles. The third-order valence-corrected chi connectivity index (χ3v) is 5.87. The standard InChI is InChI=1S/C22H26N4O2/c1-15-12-19-21(23-14-15)28-22(24-19)26-10-8-25(9-11-26)20(27)13-16-2-4-17(5-3-16)18-6-7-18/h2-5,12,14,18,22,24H,6-11,13H2,1H3. The molecule has 1 aromatic heterocycles. The lowest BCUT2D eigenvalue weighted by Crippen LogP contribution is -2.54. The topological polar surface area (TPSA) is 57.7 Å². The lowest BCUT2D eigenvalue weighted by Gasteiger charge is -2.37. The van der Waals surface area contributed by atoms with Crippen molar-refractivity contribution >= 4 is 11.6 Å². The number of amides is 1. The van der Waals surface area contributed by atoms with Gasteiger partial charge in [0.1, 0.15) is 5.69 Å². The molecule has 2 aromatic rings. The summed E-state index contributed by atoms with van der Waals surface area (Å²) in [5.41, 5.74) is 4.57. The molecule has 1 aliphatic carbocycles. The maximum Gasteiger partial charge on any atom is 0.240 e. The molecular formula is C22H26N4O2. The zero-order chi connectivity index (χ0) is 19.1. The van der Waals surface area contributed by atoms with Crippen LogP contribution in [0, 0.1) is 6.92 Å². The number of hydrogen-bond acceptors (Lipinski definition) is 5. The predicted molar refractivity (Wildman–Crippen MR) is 107 cm³/mol. The van der Waals surface area contributed by atoms with Crippen molar-refractivity contribution in [2.75, 3.05) is 31.5 Å². The fourth-order valence-corrected chi connectivity index (χ4v) is 4.00. The molecule has 1 atom stereocenters. The highest BCUT2D eigenvalue weighted by Gasteiger charge is 2.32. The molecule has 1 amide bonds. The van der Waals surface area contributed by atoms with Gasteiger partial charge >= 0.3 is 0 Å². The highest BCUT2D eigenvalue weighted by molar-refractivity contribution is 5.79. The van der Waals surface area contributed by atoms with Crippen LogP contribution in [0.1, 0.15) is 35.4 Å². The number of ether oxygens (including phenoxy) is 1. The maximum atomic E-state index is 12.7. The Kier molecular flexibility index (Phi) is 4.43. The molecule has 1 N–H and O–H groups in total. The number of pyridine rings is 1. The number of benzene rings is 1. The monoisotopic (exact) mass is 378 g/mol. The van der Waals surface area contributed by atoms with Crippen LogP contribution in [0.15, 0.2) is 36.5 Å². The van der Waals surface area contributed by atoms with Gasteiger partial charge in [-0.3, -0.25) is 4.79 Å². The summed E-state index contributed by atoms with van der Waals surface area (Å²) >= 11 is 0. The zero-order valence-electron chi connectivity index (χ0n) is 16.2. The molecule has 146 valence electrons. The number of carbonyl (C=O) groups is 1. The number of fused-ring (bicyclic) bond motifs is 1. The highest BCUT2D eigenvalue weighted by Crippen LogP contribution is 2.39. The van der Waals surface area contributed by atoms with E-state index in [-0.39, 0.29) is 12.3 Å². The van der Waals surface area contributed by atoms with Crippen LogP contribution in [0.5, 0.6) is 5.88 Å². The molecule has 3 heterocycles. The van der Waals surface area contributed by atoms with Crippen molar-refractivity contribution in [3.63, 3.8) is 0 Å². The lowest BCUT2D eigenvalue weighted by molar-refractivity contribution is -0.133. The van der Waals surface area contributed by atoms with Crippen molar-refractivity contribution in [1.29, 1.82) is 0 Å². The van der Waals surface area contributed by atoms with E-state index in [4.69, 9.17) is 4.74 Å². The quantitative estimate of drug-likeness (QED) is 0.887. The fraction of sp³-hybridized carbons (Fsp3) is 0.455. The van der Waals surface area contributed by atoms with E-state index in [0.717, 1.165) is 48.9 Å². The molecule has 2 fully saturated rings. The van der Waals surface area contributed by atoms with Crippen LogP contribution in [0.3, 0.4) is 0 Å². The number of rotatable bonds is 4. The molecular weight excluding hydrogens is 352 g/mol. The highest BCUT2D eigenvalue weighted by atomic mass is 16.5. The minimum atomic E-state index is -0.198. The molecule has 1 saturated carbocycles. The van der Waals surface area contributed by atoms with Gasteiger partial charge in [-0.25, -0.2) is 9.88 Å². The number of nitrogens with one attached hydrogen (secondary N) is 1. The molecule has 2 aliphatic heterocycles. The number of aryl methyl sites for hydroxylation is 1. The van der Waals surface area contributed by atoms with Gasteiger partial charge < -0.3 is 15.0 Å². The van der Waals surface area contributed by atoms with E-state index in [9.17, 15) is 4.79 Å². The van der Waals surface area contributed by atoms with Gasteiger partial charge in [-0.1, -0.05) is 24.3 Å². The summed E-state index contributed by atoms with van der Waals surface area (Å²) in [5, 5.41) is 3.39. The lowest BCUT2D eigenvalue weighted by atomic mass is 10.1. The Bertz CT molecular complexity index is 871. The van der Waals surface area contributed by atoms with Gasteiger partial charge in [0, 0.05) is 32.4 Å². The summed E-state index contributed by atoms with van der Waals surface area (Å²) in [5.74, 6) is 1.62. The number of aromatic nitrogens is 1. The minimum Gasteiger partial charge on any atom is -0.438 e. The van der Waals surface area contributed by atoms with Gasteiger partial charge in [0.15, 0.2) is 0 Å². The largest absolute Gasteiger partial charge is 0.438 e. The Morgan fingerprint density at radius 1 is 1.18 bits per heavy atom. The SMILES string of the molecule is Cc1cnc2c(c1)NC(N1CCN(C(=O)Cc3ccc(C4CC4)cc3)CC1)O2. The van der Waals surface area contributed by atoms with E-state index < -0.39 is 0 Å². The molecule has 1 unspecified atom stereocenters. The number of piperazine rings is 1. The Labute approximate surface area is 165 Å². The van der Waals surface area contributed by atoms with Crippen LogP contribution in [-0.2, 0) is 11.2 Å². The first-order valence-corrected chi connectivity index (χ1v) is 10.2. The van der Waals surface area contributed by atoms with E-state index in [2.05, 4.69) is 45.5 Å². The minimum absolute atomic E-state index is 0.198. The van der Waals surface area contributed by atoms with Crippen molar-refractivity contribution in [2.45, 2.75) is 38.5 Å². The molecule has 5 rings (SSSR count). The van der Waals surface area contributed by atoms with Crippen LogP contribution in [0.25, 0.3) is 0 Å². The van der Waals surface area contributed by atoms with Crippen molar-refractivity contribution < 1.29 is 9.53 Å². The van der Waals surface area contributed by atoms with Crippen molar-refractivity contribution in [3.8, 4) is 5.88 Å².